The molecule has 0 spiro atoms. The van der Waals surface area contributed by atoms with Crippen molar-refractivity contribution in [2.75, 3.05) is 38.3 Å². The first kappa shape index (κ1) is 13.1. The van der Waals surface area contributed by atoms with Crippen LogP contribution in [0, 0.1) is 5.82 Å². The number of nitrogen functional groups attached to an aromatic ring is 1. The summed E-state index contributed by atoms with van der Waals surface area (Å²) in [6, 6.07) is 4.60. The summed E-state index contributed by atoms with van der Waals surface area (Å²) in [6.45, 7) is 0.926. The predicted octanol–water partition coefficient (Wildman–Crippen LogP) is 2.33. The molecule has 3 nitrogen and oxygen atoms in total. The third-order valence-corrected chi connectivity index (χ3v) is 4.17. The zero-order chi connectivity index (χ0) is 13.3. The van der Waals surface area contributed by atoms with Crippen LogP contribution in [0.25, 0.3) is 0 Å². The summed E-state index contributed by atoms with van der Waals surface area (Å²) < 4.78 is 13.0. The first-order valence-electron chi connectivity index (χ1n) is 6.38. The van der Waals surface area contributed by atoms with E-state index in [1.807, 2.05) is 7.05 Å². The van der Waals surface area contributed by atoms with Gasteiger partial charge in [0.2, 0.25) is 0 Å². The number of benzene rings is 1. The Morgan fingerprint density at radius 3 is 2.39 bits per heavy atom. The van der Waals surface area contributed by atoms with E-state index < -0.39 is 0 Å². The maximum Gasteiger partial charge on any atom is 0.125 e. The molecule has 0 bridgehead atoms. The van der Waals surface area contributed by atoms with Gasteiger partial charge in [-0.05, 0) is 51.6 Å². The topological polar surface area (TPSA) is 32.5 Å². The molecule has 0 aliphatic heterocycles. The Kier molecular flexibility index (Phi) is 3.48. The van der Waals surface area contributed by atoms with Crippen molar-refractivity contribution >= 4 is 11.4 Å². The third kappa shape index (κ3) is 2.29. The molecule has 0 amide bonds. The Hall–Kier alpha value is -1.29. The average molecular weight is 251 g/mol. The third-order valence-electron chi connectivity index (χ3n) is 4.17. The largest absolute Gasteiger partial charge is 0.397 e. The molecule has 0 heterocycles. The van der Waals surface area contributed by atoms with Crippen LogP contribution in [0.3, 0.4) is 0 Å². The van der Waals surface area contributed by atoms with Gasteiger partial charge in [0.25, 0.3) is 0 Å². The van der Waals surface area contributed by atoms with Crippen molar-refractivity contribution in [3.05, 3.63) is 24.0 Å². The molecule has 1 aliphatic carbocycles. The number of anilines is 2. The van der Waals surface area contributed by atoms with Crippen molar-refractivity contribution < 1.29 is 4.39 Å². The normalized spacial score (nSPS) is 17.6. The minimum Gasteiger partial charge on any atom is -0.397 e. The second kappa shape index (κ2) is 4.76. The molecule has 2 N–H and O–H groups in total. The molecule has 2 rings (SSSR count). The van der Waals surface area contributed by atoms with E-state index in [0.717, 1.165) is 12.2 Å². The molecule has 0 aromatic heterocycles. The molecule has 4 heteroatoms. The predicted molar refractivity (Wildman–Crippen MR) is 74.4 cm³/mol. The zero-order valence-corrected chi connectivity index (χ0v) is 11.4. The van der Waals surface area contributed by atoms with E-state index in [9.17, 15) is 4.39 Å². The van der Waals surface area contributed by atoms with Crippen LogP contribution in [0.4, 0.5) is 15.8 Å². The molecule has 0 radical (unpaired) electrons. The summed E-state index contributed by atoms with van der Waals surface area (Å²) in [7, 11) is 6.27. The number of nitrogens with zero attached hydrogens (tertiary/aromatic N) is 2. The van der Waals surface area contributed by atoms with Gasteiger partial charge in [-0.3, -0.25) is 0 Å². The van der Waals surface area contributed by atoms with E-state index in [2.05, 4.69) is 23.9 Å². The maximum atomic E-state index is 13.0. The number of nitrogens with two attached hydrogens (primary N) is 1. The van der Waals surface area contributed by atoms with Gasteiger partial charge >= 0.3 is 0 Å². The van der Waals surface area contributed by atoms with E-state index in [1.54, 1.807) is 6.07 Å². The Labute approximate surface area is 108 Å². The summed E-state index contributed by atoms with van der Waals surface area (Å²) in [4.78, 5) is 4.43. The van der Waals surface area contributed by atoms with E-state index in [0.29, 0.717) is 5.69 Å². The van der Waals surface area contributed by atoms with Gasteiger partial charge in [-0.1, -0.05) is 0 Å². The highest BCUT2D eigenvalue weighted by Crippen LogP contribution is 2.38. The van der Waals surface area contributed by atoms with Gasteiger partial charge in [-0.2, -0.15) is 0 Å². The Balaban J connectivity index is 2.14. The van der Waals surface area contributed by atoms with Crippen molar-refractivity contribution in [1.29, 1.82) is 0 Å². The zero-order valence-electron chi connectivity index (χ0n) is 11.4. The summed E-state index contributed by atoms with van der Waals surface area (Å²) in [5.41, 5.74) is 7.54. The van der Waals surface area contributed by atoms with Gasteiger partial charge in [0, 0.05) is 19.1 Å². The van der Waals surface area contributed by atoms with E-state index in [-0.39, 0.29) is 11.4 Å². The first-order valence-corrected chi connectivity index (χ1v) is 6.38. The van der Waals surface area contributed by atoms with Gasteiger partial charge in [-0.25, -0.2) is 4.39 Å². The first-order chi connectivity index (χ1) is 8.44. The number of rotatable bonds is 4. The number of likely N-dealkylation sites (N-methyl/N-ethyl adjacent to an activating group) is 2. The van der Waals surface area contributed by atoms with Crippen molar-refractivity contribution in [3.8, 4) is 0 Å². The van der Waals surface area contributed by atoms with Crippen molar-refractivity contribution in [2.24, 2.45) is 0 Å². The second-order valence-corrected chi connectivity index (χ2v) is 5.53. The molecule has 1 fully saturated rings. The fraction of sp³-hybridized carbons (Fsp3) is 0.571. The number of hydrogen-bond donors (Lipinski definition) is 1. The second-order valence-electron chi connectivity index (χ2n) is 5.53. The SMILES string of the molecule is CN(CC1(N(C)C)CCC1)c1ccc(F)cc1N. The van der Waals surface area contributed by atoms with Crippen molar-refractivity contribution in [2.45, 2.75) is 24.8 Å². The fourth-order valence-electron chi connectivity index (χ4n) is 2.73. The Morgan fingerprint density at radius 2 is 1.94 bits per heavy atom. The molecule has 0 atom stereocenters. The lowest BCUT2D eigenvalue weighted by molar-refractivity contribution is 0.0683. The van der Waals surface area contributed by atoms with Crippen LogP contribution in [0.15, 0.2) is 18.2 Å². The molecule has 0 saturated heterocycles. The maximum absolute atomic E-state index is 13.0. The molecule has 18 heavy (non-hydrogen) atoms. The lowest BCUT2D eigenvalue weighted by Crippen LogP contribution is -2.56. The van der Waals surface area contributed by atoms with Crippen LogP contribution >= 0.6 is 0 Å². The van der Waals surface area contributed by atoms with Crippen molar-refractivity contribution in [3.63, 3.8) is 0 Å². The molecular weight excluding hydrogens is 229 g/mol. The Bertz CT molecular complexity index is 427. The van der Waals surface area contributed by atoms with Gasteiger partial charge in [0.05, 0.1) is 11.4 Å². The van der Waals surface area contributed by atoms with E-state index in [4.69, 9.17) is 5.73 Å². The van der Waals surface area contributed by atoms with Crippen LogP contribution in [-0.4, -0.2) is 38.1 Å². The summed E-state index contributed by atoms with van der Waals surface area (Å²) >= 11 is 0. The monoisotopic (exact) mass is 251 g/mol. The smallest absolute Gasteiger partial charge is 0.125 e. The molecule has 100 valence electrons. The lowest BCUT2D eigenvalue weighted by atomic mass is 9.75. The van der Waals surface area contributed by atoms with Crippen LogP contribution in [0.2, 0.25) is 0 Å². The van der Waals surface area contributed by atoms with E-state index >= 15 is 0 Å². The minimum atomic E-state index is -0.282. The van der Waals surface area contributed by atoms with Crippen LogP contribution < -0.4 is 10.6 Å². The fourth-order valence-corrected chi connectivity index (χ4v) is 2.73. The highest BCUT2D eigenvalue weighted by atomic mass is 19.1. The van der Waals surface area contributed by atoms with Gasteiger partial charge in [-0.15, -0.1) is 0 Å². The molecular formula is C14H22FN3. The highest BCUT2D eigenvalue weighted by molar-refractivity contribution is 5.67. The molecule has 1 saturated carbocycles. The molecule has 0 unspecified atom stereocenters. The number of halogens is 1. The van der Waals surface area contributed by atoms with Crippen LogP contribution in [0.5, 0.6) is 0 Å². The van der Waals surface area contributed by atoms with E-state index in [1.165, 1.54) is 31.4 Å². The van der Waals surface area contributed by atoms with Crippen LogP contribution in [0.1, 0.15) is 19.3 Å². The summed E-state index contributed by atoms with van der Waals surface area (Å²) in [5, 5.41) is 0. The molecule has 1 aromatic carbocycles. The minimum absolute atomic E-state index is 0.246. The summed E-state index contributed by atoms with van der Waals surface area (Å²) in [5.74, 6) is -0.282. The Morgan fingerprint density at radius 1 is 1.28 bits per heavy atom. The summed E-state index contributed by atoms with van der Waals surface area (Å²) in [6.07, 6.45) is 3.71. The quantitative estimate of drug-likeness (QED) is 0.834. The standard InChI is InChI=1S/C14H22FN3/c1-17(2)14(7-4-8-14)10-18(3)13-6-5-11(15)9-12(13)16/h5-6,9H,4,7-8,10,16H2,1-3H3. The van der Waals surface area contributed by atoms with Crippen LogP contribution in [-0.2, 0) is 0 Å². The molecule has 1 aliphatic rings. The number of hydrogen-bond acceptors (Lipinski definition) is 3. The molecule has 1 aromatic rings. The average Bonchev–Trinajstić information content (AvgIpc) is 2.22. The highest BCUT2D eigenvalue weighted by Gasteiger charge is 2.40. The van der Waals surface area contributed by atoms with Gasteiger partial charge in [0.1, 0.15) is 5.82 Å². The van der Waals surface area contributed by atoms with Gasteiger partial charge in [0.15, 0.2) is 0 Å². The lowest BCUT2D eigenvalue weighted by Gasteiger charge is -2.49. The van der Waals surface area contributed by atoms with Crippen molar-refractivity contribution in [1.82, 2.24) is 4.90 Å². The van der Waals surface area contributed by atoms with Gasteiger partial charge < -0.3 is 15.5 Å².